The molecular formula is C6H5O2S. The molecule has 0 amide bonds. The third-order valence-electron chi connectivity index (χ3n) is 0.853. The summed E-state index contributed by atoms with van der Waals surface area (Å²) < 4.78 is 0. The normalized spacial score (nSPS) is 9.33. The first-order chi connectivity index (χ1) is 4.29. The van der Waals surface area contributed by atoms with Gasteiger partial charge in [-0.25, -0.2) is 0 Å². The first-order valence-corrected chi connectivity index (χ1v) is 3.27. The summed E-state index contributed by atoms with van der Waals surface area (Å²) in [7, 11) is 0. The Hall–Kier alpha value is -0.830. The van der Waals surface area contributed by atoms with Crippen molar-refractivity contribution in [1.82, 2.24) is 0 Å². The molecule has 0 saturated carbocycles. The predicted molar refractivity (Wildman–Crippen MR) is 34.5 cm³/mol. The van der Waals surface area contributed by atoms with Crippen molar-refractivity contribution in [2.45, 2.75) is 6.42 Å². The fourth-order valence-corrected chi connectivity index (χ4v) is 1.13. The number of hydrogen-bond acceptors (Lipinski definition) is 2. The zero-order valence-corrected chi connectivity index (χ0v) is 5.44. The second-order valence-electron chi connectivity index (χ2n) is 1.59. The third-order valence-corrected chi connectivity index (χ3v) is 1.65. The predicted octanol–water partition coefficient (Wildman–Crippen LogP) is 1.18. The molecule has 0 spiro atoms. The molecule has 0 bridgehead atoms. The molecule has 2 nitrogen and oxygen atoms in total. The SMILES string of the molecule is O=C(O)Cc1cc[c]s1. The summed E-state index contributed by atoms with van der Waals surface area (Å²) in [6.07, 6.45) is 0.119. The van der Waals surface area contributed by atoms with Crippen LogP contribution in [0.4, 0.5) is 0 Å². The second kappa shape index (κ2) is 2.64. The van der Waals surface area contributed by atoms with Gasteiger partial charge in [0.05, 0.1) is 6.42 Å². The molecule has 0 fully saturated rings. The molecule has 9 heavy (non-hydrogen) atoms. The van der Waals surface area contributed by atoms with Crippen LogP contribution in [-0.2, 0) is 11.2 Å². The van der Waals surface area contributed by atoms with Crippen LogP contribution in [0.2, 0.25) is 0 Å². The van der Waals surface area contributed by atoms with Gasteiger partial charge in [-0.2, -0.15) is 0 Å². The van der Waals surface area contributed by atoms with E-state index in [9.17, 15) is 4.79 Å². The van der Waals surface area contributed by atoms with Crippen molar-refractivity contribution in [2.75, 3.05) is 0 Å². The molecule has 1 aromatic heterocycles. The van der Waals surface area contributed by atoms with Crippen molar-refractivity contribution in [3.8, 4) is 0 Å². The van der Waals surface area contributed by atoms with E-state index in [1.165, 1.54) is 11.3 Å². The van der Waals surface area contributed by atoms with E-state index in [0.29, 0.717) is 0 Å². The Morgan fingerprint density at radius 3 is 3.11 bits per heavy atom. The lowest BCUT2D eigenvalue weighted by molar-refractivity contribution is -0.136. The summed E-state index contributed by atoms with van der Waals surface area (Å²) in [5, 5.41) is 11.1. The summed E-state index contributed by atoms with van der Waals surface area (Å²) >= 11 is 1.35. The molecule has 0 unspecified atom stereocenters. The van der Waals surface area contributed by atoms with Gasteiger partial charge < -0.3 is 5.11 Å². The summed E-state index contributed by atoms with van der Waals surface area (Å²) in [5.74, 6) is -0.786. The van der Waals surface area contributed by atoms with Gasteiger partial charge in [-0.1, -0.05) is 0 Å². The highest BCUT2D eigenvalue weighted by atomic mass is 32.1. The molecule has 0 aliphatic heterocycles. The molecule has 0 saturated heterocycles. The Morgan fingerprint density at radius 2 is 2.67 bits per heavy atom. The molecule has 3 heteroatoms. The Kier molecular flexibility index (Phi) is 1.85. The number of carboxylic acid groups (broad SMARTS) is 1. The van der Waals surface area contributed by atoms with E-state index in [2.05, 4.69) is 5.38 Å². The maximum Gasteiger partial charge on any atom is 0.308 e. The van der Waals surface area contributed by atoms with E-state index in [1.54, 1.807) is 12.1 Å². The average molecular weight is 141 g/mol. The van der Waals surface area contributed by atoms with Crippen LogP contribution >= 0.6 is 11.3 Å². The van der Waals surface area contributed by atoms with Crippen molar-refractivity contribution >= 4 is 17.3 Å². The van der Waals surface area contributed by atoms with Gasteiger partial charge in [0.1, 0.15) is 0 Å². The summed E-state index contributed by atoms with van der Waals surface area (Å²) in [6.45, 7) is 0. The molecule has 1 heterocycles. The van der Waals surface area contributed by atoms with Crippen LogP contribution in [0, 0.1) is 5.38 Å². The fourth-order valence-electron chi connectivity index (χ4n) is 0.515. The molecule has 0 atom stereocenters. The fraction of sp³-hybridized carbons (Fsp3) is 0.167. The second-order valence-corrected chi connectivity index (χ2v) is 2.55. The van der Waals surface area contributed by atoms with E-state index < -0.39 is 5.97 Å². The number of thiophene rings is 1. The van der Waals surface area contributed by atoms with Crippen molar-refractivity contribution in [3.63, 3.8) is 0 Å². The number of rotatable bonds is 2. The molecular weight excluding hydrogens is 136 g/mol. The average Bonchev–Trinajstić information content (AvgIpc) is 2.15. The standard InChI is InChI=1S/C6H5O2S/c7-6(8)4-5-2-1-3-9-5/h1-2H,4H2,(H,7,8). The van der Waals surface area contributed by atoms with Gasteiger partial charge in [-0.15, -0.1) is 11.3 Å². The third kappa shape index (κ3) is 1.85. The van der Waals surface area contributed by atoms with Crippen molar-refractivity contribution in [2.24, 2.45) is 0 Å². The Labute approximate surface area is 56.8 Å². The van der Waals surface area contributed by atoms with Crippen LogP contribution in [-0.4, -0.2) is 11.1 Å². The number of carboxylic acids is 1. The molecule has 1 rings (SSSR count). The smallest absolute Gasteiger partial charge is 0.308 e. The minimum Gasteiger partial charge on any atom is -0.481 e. The molecule has 1 radical (unpaired) electrons. The van der Waals surface area contributed by atoms with E-state index >= 15 is 0 Å². The summed E-state index contributed by atoms with van der Waals surface area (Å²) in [6, 6.07) is 3.49. The molecule has 0 aromatic carbocycles. The Balaban J connectivity index is 2.58. The van der Waals surface area contributed by atoms with Gasteiger partial charge in [0.25, 0.3) is 0 Å². The number of hydrogen-bond donors (Lipinski definition) is 1. The van der Waals surface area contributed by atoms with E-state index in [1.807, 2.05) is 0 Å². The maximum absolute atomic E-state index is 10.1. The molecule has 1 aromatic rings. The van der Waals surface area contributed by atoms with Crippen LogP contribution in [0.1, 0.15) is 4.88 Å². The van der Waals surface area contributed by atoms with Crippen molar-refractivity contribution < 1.29 is 9.90 Å². The summed E-state index contributed by atoms with van der Waals surface area (Å²) in [4.78, 5) is 10.9. The van der Waals surface area contributed by atoms with Crippen LogP contribution in [0.15, 0.2) is 12.1 Å². The minimum absolute atomic E-state index is 0.119. The van der Waals surface area contributed by atoms with Crippen molar-refractivity contribution in [1.29, 1.82) is 0 Å². The monoisotopic (exact) mass is 141 g/mol. The Bertz CT molecular complexity index is 191. The van der Waals surface area contributed by atoms with E-state index in [-0.39, 0.29) is 6.42 Å². The van der Waals surface area contributed by atoms with Gasteiger partial charge in [0.15, 0.2) is 0 Å². The lowest BCUT2D eigenvalue weighted by Crippen LogP contribution is -1.96. The number of aliphatic carboxylic acids is 1. The van der Waals surface area contributed by atoms with E-state index in [0.717, 1.165) is 4.88 Å². The zero-order valence-electron chi connectivity index (χ0n) is 4.63. The quantitative estimate of drug-likeness (QED) is 0.671. The van der Waals surface area contributed by atoms with Gasteiger partial charge >= 0.3 is 5.97 Å². The lowest BCUT2D eigenvalue weighted by Gasteiger charge is -1.85. The van der Waals surface area contributed by atoms with Gasteiger partial charge in [-0.05, 0) is 12.1 Å². The van der Waals surface area contributed by atoms with Crippen molar-refractivity contribution in [3.05, 3.63) is 22.4 Å². The Morgan fingerprint density at radius 1 is 1.89 bits per heavy atom. The largest absolute Gasteiger partial charge is 0.481 e. The van der Waals surface area contributed by atoms with Crippen LogP contribution in [0.25, 0.3) is 0 Å². The molecule has 0 aliphatic carbocycles. The highest BCUT2D eigenvalue weighted by molar-refractivity contribution is 7.09. The number of carbonyl (C=O) groups is 1. The lowest BCUT2D eigenvalue weighted by atomic mass is 10.3. The first kappa shape index (κ1) is 6.29. The maximum atomic E-state index is 10.1. The van der Waals surface area contributed by atoms with Gasteiger partial charge in [0, 0.05) is 10.3 Å². The van der Waals surface area contributed by atoms with Gasteiger partial charge in [0.2, 0.25) is 0 Å². The highest BCUT2D eigenvalue weighted by Crippen LogP contribution is 2.07. The minimum atomic E-state index is -0.786. The molecule has 1 N–H and O–H groups in total. The van der Waals surface area contributed by atoms with Gasteiger partial charge in [-0.3, -0.25) is 4.79 Å². The molecule has 47 valence electrons. The van der Waals surface area contributed by atoms with Crippen LogP contribution in [0.5, 0.6) is 0 Å². The zero-order chi connectivity index (χ0) is 6.69. The topological polar surface area (TPSA) is 37.3 Å². The van der Waals surface area contributed by atoms with E-state index in [4.69, 9.17) is 5.11 Å². The van der Waals surface area contributed by atoms with Crippen LogP contribution < -0.4 is 0 Å². The molecule has 0 aliphatic rings. The summed E-state index contributed by atoms with van der Waals surface area (Å²) in [5.41, 5.74) is 0. The van der Waals surface area contributed by atoms with Crippen LogP contribution in [0.3, 0.4) is 0 Å². The first-order valence-electron chi connectivity index (χ1n) is 2.45. The highest BCUT2D eigenvalue weighted by Gasteiger charge is 1.98.